The van der Waals surface area contributed by atoms with Crippen LogP contribution < -0.4 is 11.1 Å². The van der Waals surface area contributed by atoms with E-state index in [1.165, 1.54) is 0 Å². The van der Waals surface area contributed by atoms with Crippen molar-refractivity contribution in [1.82, 2.24) is 5.32 Å². The molecule has 0 aromatic heterocycles. The maximum absolute atomic E-state index is 11.7. The summed E-state index contributed by atoms with van der Waals surface area (Å²) in [5, 5.41) is 12.1. The van der Waals surface area contributed by atoms with E-state index in [4.69, 9.17) is 5.73 Å². The lowest BCUT2D eigenvalue weighted by Gasteiger charge is -2.22. The first-order chi connectivity index (χ1) is 7.08. The van der Waals surface area contributed by atoms with Crippen LogP contribution in [0.25, 0.3) is 0 Å². The van der Waals surface area contributed by atoms with Crippen LogP contribution in [0.4, 0.5) is 0 Å². The number of aliphatic hydroxyl groups excluding tert-OH is 1. The normalized spacial score (nSPS) is 19.9. The van der Waals surface area contributed by atoms with Gasteiger partial charge in [-0.05, 0) is 25.7 Å². The Kier molecular flexibility index (Phi) is 6.95. The number of halogens is 1. The summed E-state index contributed by atoms with van der Waals surface area (Å²) in [5.41, 5.74) is 5.34. The Bertz CT molecular complexity index is 218. The molecule has 1 saturated carbocycles. The van der Waals surface area contributed by atoms with Crippen LogP contribution in [-0.2, 0) is 4.79 Å². The number of amides is 1. The average molecular weight is 251 g/mol. The van der Waals surface area contributed by atoms with Crippen LogP contribution in [-0.4, -0.2) is 29.2 Å². The highest BCUT2D eigenvalue weighted by atomic mass is 35.5. The van der Waals surface area contributed by atoms with Crippen LogP contribution in [0.3, 0.4) is 0 Å². The van der Waals surface area contributed by atoms with Crippen molar-refractivity contribution in [3.05, 3.63) is 0 Å². The molecule has 0 saturated heterocycles. The number of rotatable bonds is 5. The first kappa shape index (κ1) is 15.7. The van der Waals surface area contributed by atoms with E-state index >= 15 is 0 Å². The molecule has 1 fully saturated rings. The average Bonchev–Trinajstić information content (AvgIpc) is 2.66. The zero-order valence-corrected chi connectivity index (χ0v) is 10.7. The lowest BCUT2D eigenvalue weighted by atomic mass is 9.98. The number of nitrogens with two attached hydrogens (primary N) is 1. The Morgan fingerprint density at radius 3 is 2.56 bits per heavy atom. The van der Waals surface area contributed by atoms with Gasteiger partial charge in [0, 0.05) is 6.54 Å². The first-order valence-electron chi connectivity index (χ1n) is 5.84. The maximum atomic E-state index is 11.7. The van der Waals surface area contributed by atoms with E-state index in [0.29, 0.717) is 13.0 Å². The molecule has 1 unspecified atom stereocenters. The van der Waals surface area contributed by atoms with Crippen molar-refractivity contribution in [3.8, 4) is 0 Å². The van der Waals surface area contributed by atoms with Crippen molar-refractivity contribution in [2.45, 2.75) is 57.1 Å². The first-order valence-corrected chi connectivity index (χ1v) is 5.84. The molecule has 16 heavy (non-hydrogen) atoms. The van der Waals surface area contributed by atoms with Crippen molar-refractivity contribution < 1.29 is 9.90 Å². The molecule has 1 rings (SSSR count). The van der Waals surface area contributed by atoms with Gasteiger partial charge in [0.2, 0.25) is 5.91 Å². The van der Waals surface area contributed by atoms with Gasteiger partial charge >= 0.3 is 0 Å². The molecule has 0 aromatic carbocycles. The molecule has 0 bridgehead atoms. The molecule has 0 radical (unpaired) electrons. The summed E-state index contributed by atoms with van der Waals surface area (Å²) in [6.07, 6.45) is 4.68. The third kappa shape index (κ3) is 4.28. The molecule has 0 aromatic rings. The Balaban J connectivity index is 0.00000225. The lowest BCUT2D eigenvalue weighted by molar-refractivity contribution is -0.126. The van der Waals surface area contributed by atoms with Gasteiger partial charge in [-0.25, -0.2) is 0 Å². The summed E-state index contributed by atoms with van der Waals surface area (Å²) < 4.78 is 0. The van der Waals surface area contributed by atoms with Gasteiger partial charge in [0.1, 0.15) is 0 Å². The molecule has 4 nitrogen and oxygen atoms in total. The molecule has 1 atom stereocenters. The summed E-state index contributed by atoms with van der Waals surface area (Å²) >= 11 is 0. The van der Waals surface area contributed by atoms with Gasteiger partial charge < -0.3 is 16.2 Å². The van der Waals surface area contributed by atoms with Crippen LogP contribution in [0, 0.1) is 0 Å². The molecule has 5 heteroatoms. The fourth-order valence-corrected chi connectivity index (χ4v) is 1.97. The molecular weight excluding hydrogens is 228 g/mol. The smallest absolute Gasteiger partial charge is 0.240 e. The standard InChI is InChI=1S/C11H22N2O2.ClH/c1-2-9(14)5-8-13-10(15)11(12)6-3-4-7-11;/h9,14H,2-8,12H2,1H3,(H,13,15);1H. The molecule has 1 amide bonds. The van der Waals surface area contributed by atoms with Gasteiger partial charge in [0.25, 0.3) is 0 Å². The van der Waals surface area contributed by atoms with Gasteiger partial charge in [-0.1, -0.05) is 19.8 Å². The minimum absolute atomic E-state index is 0. The largest absolute Gasteiger partial charge is 0.393 e. The maximum Gasteiger partial charge on any atom is 0.240 e. The summed E-state index contributed by atoms with van der Waals surface area (Å²) in [6, 6.07) is 0. The van der Waals surface area contributed by atoms with Crippen LogP contribution in [0.1, 0.15) is 45.4 Å². The highest BCUT2D eigenvalue weighted by Crippen LogP contribution is 2.27. The molecule has 96 valence electrons. The molecule has 0 heterocycles. The number of carbonyl (C=O) groups is 1. The highest BCUT2D eigenvalue weighted by molar-refractivity contribution is 5.86. The Morgan fingerprint density at radius 2 is 2.06 bits per heavy atom. The van der Waals surface area contributed by atoms with Gasteiger partial charge in [-0.15, -0.1) is 12.4 Å². The van der Waals surface area contributed by atoms with E-state index in [1.807, 2.05) is 6.92 Å². The van der Waals surface area contributed by atoms with Crippen molar-refractivity contribution in [3.63, 3.8) is 0 Å². The monoisotopic (exact) mass is 250 g/mol. The van der Waals surface area contributed by atoms with Crippen LogP contribution in [0.15, 0.2) is 0 Å². The fourth-order valence-electron chi connectivity index (χ4n) is 1.97. The van der Waals surface area contributed by atoms with Crippen LogP contribution >= 0.6 is 12.4 Å². The zero-order valence-electron chi connectivity index (χ0n) is 9.87. The quantitative estimate of drug-likeness (QED) is 0.680. The Labute approximate surface area is 103 Å². The molecule has 0 spiro atoms. The molecule has 4 N–H and O–H groups in total. The Hall–Kier alpha value is -0.320. The van der Waals surface area contributed by atoms with E-state index < -0.39 is 5.54 Å². The van der Waals surface area contributed by atoms with Gasteiger partial charge in [0.15, 0.2) is 0 Å². The number of nitrogens with one attached hydrogen (secondary N) is 1. The third-order valence-electron chi connectivity index (χ3n) is 3.18. The number of aliphatic hydroxyl groups is 1. The van der Waals surface area contributed by atoms with Crippen molar-refractivity contribution in [2.24, 2.45) is 5.73 Å². The number of carbonyl (C=O) groups excluding carboxylic acids is 1. The summed E-state index contributed by atoms with van der Waals surface area (Å²) in [6.45, 7) is 2.45. The Morgan fingerprint density at radius 1 is 1.50 bits per heavy atom. The summed E-state index contributed by atoms with van der Waals surface area (Å²) in [5.74, 6) is -0.0525. The van der Waals surface area contributed by atoms with Crippen molar-refractivity contribution in [1.29, 1.82) is 0 Å². The number of hydrogen-bond acceptors (Lipinski definition) is 3. The van der Waals surface area contributed by atoms with Crippen molar-refractivity contribution >= 4 is 18.3 Å². The van der Waals surface area contributed by atoms with E-state index in [0.717, 1.165) is 32.1 Å². The van der Waals surface area contributed by atoms with Gasteiger partial charge in [-0.2, -0.15) is 0 Å². The van der Waals surface area contributed by atoms with E-state index in [1.54, 1.807) is 0 Å². The number of hydrogen-bond donors (Lipinski definition) is 3. The molecule has 0 aliphatic heterocycles. The predicted molar refractivity (Wildman–Crippen MR) is 66.6 cm³/mol. The molecule has 1 aliphatic rings. The lowest BCUT2D eigenvalue weighted by Crippen LogP contribution is -2.52. The summed E-state index contributed by atoms with van der Waals surface area (Å²) in [4.78, 5) is 11.7. The van der Waals surface area contributed by atoms with Crippen LogP contribution in [0.2, 0.25) is 0 Å². The van der Waals surface area contributed by atoms with E-state index in [2.05, 4.69) is 5.32 Å². The van der Waals surface area contributed by atoms with Gasteiger partial charge in [0.05, 0.1) is 11.6 Å². The van der Waals surface area contributed by atoms with E-state index in [9.17, 15) is 9.90 Å². The minimum Gasteiger partial charge on any atom is -0.393 e. The minimum atomic E-state index is -0.642. The second kappa shape index (κ2) is 7.09. The van der Waals surface area contributed by atoms with Crippen molar-refractivity contribution in [2.75, 3.05) is 6.54 Å². The molecular formula is C11H23ClN2O2. The van der Waals surface area contributed by atoms with Gasteiger partial charge in [-0.3, -0.25) is 4.79 Å². The topological polar surface area (TPSA) is 75.3 Å². The summed E-state index contributed by atoms with van der Waals surface area (Å²) in [7, 11) is 0. The highest BCUT2D eigenvalue weighted by Gasteiger charge is 2.36. The second-order valence-corrected chi connectivity index (χ2v) is 4.47. The molecule has 1 aliphatic carbocycles. The SMILES string of the molecule is CCC(O)CCNC(=O)C1(N)CCCC1.Cl. The van der Waals surface area contributed by atoms with E-state index in [-0.39, 0.29) is 24.4 Å². The fraction of sp³-hybridized carbons (Fsp3) is 0.909. The predicted octanol–water partition coefficient (Wildman–Crippen LogP) is 0.957. The van der Waals surface area contributed by atoms with Crippen LogP contribution in [0.5, 0.6) is 0 Å². The second-order valence-electron chi connectivity index (χ2n) is 4.47. The third-order valence-corrected chi connectivity index (χ3v) is 3.18. The zero-order chi connectivity index (χ0) is 11.3.